The minimum absolute atomic E-state index is 0.00399. The molecule has 1 atom stereocenters. The van der Waals surface area contributed by atoms with Gasteiger partial charge in [-0.25, -0.2) is 17.9 Å². The molecule has 0 fully saturated rings. The number of nitrogens with zero attached hydrogens (tertiary/aromatic N) is 1. The Bertz CT molecular complexity index is 590. The fourth-order valence-corrected chi connectivity index (χ4v) is 2.98. The quantitative estimate of drug-likeness (QED) is 0.769. The van der Waals surface area contributed by atoms with Crippen LogP contribution in [0.3, 0.4) is 0 Å². The standard InChI is InChI=1S/C14H24N2O4S/c1-5-6-16-9-12(7-13(16)14(17)18)21(19,20)15-8-11(4)10(2)3/h7,9-11,15H,5-6,8H2,1-4H3,(H,17,18). The second-order valence-electron chi connectivity index (χ2n) is 5.63. The molecular formula is C14H24N2O4S. The highest BCUT2D eigenvalue weighted by atomic mass is 32.2. The van der Waals surface area contributed by atoms with Crippen molar-refractivity contribution >= 4 is 16.0 Å². The lowest BCUT2D eigenvalue weighted by atomic mass is 9.99. The smallest absolute Gasteiger partial charge is 0.352 e. The van der Waals surface area contributed by atoms with Crippen LogP contribution in [0.5, 0.6) is 0 Å². The van der Waals surface area contributed by atoms with Gasteiger partial charge in [0.1, 0.15) is 10.6 Å². The molecule has 1 aromatic rings. The van der Waals surface area contributed by atoms with Crippen molar-refractivity contribution in [3.05, 3.63) is 18.0 Å². The molecule has 2 N–H and O–H groups in total. The van der Waals surface area contributed by atoms with Crippen molar-refractivity contribution in [2.75, 3.05) is 6.54 Å². The number of rotatable bonds is 8. The molecule has 0 aliphatic rings. The van der Waals surface area contributed by atoms with Gasteiger partial charge >= 0.3 is 5.97 Å². The summed E-state index contributed by atoms with van der Waals surface area (Å²) in [6.07, 6.45) is 2.11. The van der Waals surface area contributed by atoms with E-state index in [0.717, 1.165) is 6.42 Å². The topological polar surface area (TPSA) is 88.4 Å². The first-order valence-corrected chi connectivity index (χ1v) is 8.60. The highest BCUT2D eigenvalue weighted by molar-refractivity contribution is 7.89. The molecule has 1 unspecified atom stereocenters. The van der Waals surface area contributed by atoms with E-state index in [1.807, 2.05) is 27.7 Å². The molecule has 120 valence electrons. The molecule has 0 radical (unpaired) electrons. The number of hydrogen-bond acceptors (Lipinski definition) is 3. The van der Waals surface area contributed by atoms with Crippen LogP contribution in [-0.2, 0) is 16.6 Å². The number of aromatic carboxylic acids is 1. The number of carboxylic acid groups (broad SMARTS) is 1. The predicted molar refractivity (Wildman–Crippen MR) is 80.9 cm³/mol. The molecule has 0 saturated carbocycles. The summed E-state index contributed by atoms with van der Waals surface area (Å²) in [4.78, 5) is 11.2. The summed E-state index contributed by atoms with van der Waals surface area (Å²) in [6.45, 7) is 8.74. The number of sulfonamides is 1. The normalized spacial score (nSPS) is 13.6. The Morgan fingerprint density at radius 1 is 1.38 bits per heavy atom. The van der Waals surface area contributed by atoms with Gasteiger partial charge in [-0.3, -0.25) is 0 Å². The van der Waals surface area contributed by atoms with E-state index < -0.39 is 16.0 Å². The first kappa shape index (κ1) is 17.7. The van der Waals surface area contributed by atoms with Gasteiger partial charge in [-0.15, -0.1) is 0 Å². The van der Waals surface area contributed by atoms with Crippen LogP contribution in [0.2, 0.25) is 0 Å². The highest BCUT2D eigenvalue weighted by Crippen LogP contribution is 2.16. The molecule has 0 bridgehead atoms. The Morgan fingerprint density at radius 3 is 2.48 bits per heavy atom. The predicted octanol–water partition coefficient (Wildman–Crippen LogP) is 2.17. The van der Waals surface area contributed by atoms with Gasteiger partial charge in [-0.2, -0.15) is 0 Å². The van der Waals surface area contributed by atoms with Crippen LogP contribution >= 0.6 is 0 Å². The maximum Gasteiger partial charge on any atom is 0.352 e. The first-order chi connectivity index (χ1) is 9.69. The van der Waals surface area contributed by atoms with Gasteiger partial charge in [-0.1, -0.05) is 27.7 Å². The van der Waals surface area contributed by atoms with Gasteiger partial charge in [0.2, 0.25) is 10.0 Å². The molecular weight excluding hydrogens is 292 g/mol. The molecule has 1 heterocycles. The molecule has 0 aromatic carbocycles. The van der Waals surface area contributed by atoms with Gasteiger partial charge in [0, 0.05) is 19.3 Å². The molecule has 0 aliphatic carbocycles. The third kappa shape index (κ3) is 4.57. The third-order valence-electron chi connectivity index (χ3n) is 3.60. The van der Waals surface area contributed by atoms with Gasteiger partial charge in [0.25, 0.3) is 0 Å². The van der Waals surface area contributed by atoms with Crippen LogP contribution in [0.25, 0.3) is 0 Å². The summed E-state index contributed by atoms with van der Waals surface area (Å²) >= 11 is 0. The molecule has 0 spiro atoms. The molecule has 0 aliphatic heterocycles. The molecule has 1 aromatic heterocycles. The average molecular weight is 316 g/mol. The third-order valence-corrected chi connectivity index (χ3v) is 4.99. The van der Waals surface area contributed by atoms with Crippen LogP contribution in [0.15, 0.2) is 17.2 Å². The van der Waals surface area contributed by atoms with Crippen molar-refractivity contribution in [1.29, 1.82) is 0 Å². The van der Waals surface area contributed by atoms with Crippen molar-refractivity contribution in [2.24, 2.45) is 11.8 Å². The second kappa shape index (κ2) is 7.09. The Balaban J connectivity index is 2.98. The fraction of sp³-hybridized carbons (Fsp3) is 0.643. The zero-order chi connectivity index (χ0) is 16.2. The van der Waals surface area contributed by atoms with Crippen molar-refractivity contribution < 1.29 is 18.3 Å². The van der Waals surface area contributed by atoms with Crippen LogP contribution in [-0.4, -0.2) is 30.6 Å². The van der Waals surface area contributed by atoms with Crippen molar-refractivity contribution in [1.82, 2.24) is 9.29 Å². The molecule has 7 heteroatoms. The van der Waals surface area contributed by atoms with E-state index in [4.69, 9.17) is 5.11 Å². The number of aromatic nitrogens is 1. The summed E-state index contributed by atoms with van der Waals surface area (Å²) < 4.78 is 28.5. The molecule has 1 rings (SSSR count). The first-order valence-electron chi connectivity index (χ1n) is 7.12. The lowest BCUT2D eigenvalue weighted by molar-refractivity contribution is 0.0685. The molecule has 0 saturated heterocycles. The van der Waals surface area contributed by atoms with Crippen LogP contribution in [0, 0.1) is 11.8 Å². The zero-order valence-corrected chi connectivity index (χ0v) is 13.8. The lowest BCUT2D eigenvalue weighted by Gasteiger charge is -2.15. The summed E-state index contributed by atoms with van der Waals surface area (Å²) in [7, 11) is -3.68. The van der Waals surface area contributed by atoms with E-state index in [1.54, 1.807) is 0 Å². The van der Waals surface area contributed by atoms with E-state index in [9.17, 15) is 13.2 Å². The number of carboxylic acids is 1. The lowest BCUT2D eigenvalue weighted by Crippen LogP contribution is -2.30. The fourth-order valence-electron chi connectivity index (χ4n) is 1.80. The number of aryl methyl sites for hydroxylation is 1. The SMILES string of the molecule is CCCn1cc(S(=O)(=O)NCC(C)C(C)C)cc1C(=O)O. The molecule has 0 amide bonds. The maximum atomic E-state index is 12.2. The maximum absolute atomic E-state index is 12.2. The Hall–Kier alpha value is -1.34. The largest absolute Gasteiger partial charge is 0.477 e. The van der Waals surface area contributed by atoms with E-state index in [-0.39, 0.29) is 16.5 Å². The average Bonchev–Trinajstić information content (AvgIpc) is 2.81. The van der Waals surface area contributed by atoms with E-state index in [1.165, 1.54) is 16.8 Å². The van der Waals surface area contributed by atoms with Gasteiger partial charge in [0.05, 0.1) is 0 Å². The molecule has 21 heavy (non-hydrogen) atoms. The van der Waals surface area contributed by atoms with Crippen molar-refractivity contribution in [3.63, 3.8) is 0 Å². The summed E-state index contributed by atoms with van der Waals surface area (Å²) in [5.41, 5.74) is -0.00543. The zero-order valence-electron chi connectivity index (χ0n) is 13.0. The van der Waals surface area contributed by atoms with Gasteiger partial charge in [0.15, 0.2) is 0 Å². The van der Waals surface area contributed by atoms with E-state index in [2.05, 4.69) is 4.72 Å². The van der Waals surface area contributed by atoms with Gasteiger partial charge in [-0.05, 0) is 24.3 Å². The van der Waals surface area contributed by atoms with E-state index >= 15 is 0 Å². The number of hydrogen-bond donors (Lipinski definition) is 2. The Kier molecular flexibility index (Phi) is 5.98. The number of carbonyl (C=O) groups is 1. The highest BCUT2D eigenvalue weighted by Gasteiger charge is 2.22. The summed E-state index contributed by atoms with van der Waals surface area (Å²) in [5.74, 6) is -0.552. The Morgan fingerprint density at radius 2 is 2.00 bits per heavy atom. The minimum Gasteiger partial charge on any atom is -0.477 e. The van der Waals surface area contributed by atoms with Crippen molar-refractivity contribution in [3.8, 4) is 0 Å². The van der Waals surface area contributed by atoms with Crippen LogP contribution in [0.1, 0.15) is 44.6 Å². The van der Waals surface area contributed by atoms with Crippen LogP contribution < -0.4 is 4.72 Å². The second-order valence-corrected chi connectivity index (χ2v) is 7.40. The molecule has 6 nitrogen and oxygen atoms in total. The summed E-state index contributed by atoms with van der Waals surface area (Å²) in [6, 6.07) is 1.21. The van der Waals surface area contributed by atoms with Gasteiger partial charge < -0.3 is 9.67 Å². The summed E-state index contributed by atoms with van der Waals surface area (Å²) in [5, 5.41) is 9.13. The van der Waals surface area contributed by atoms with Crippen molar-refractivity contribution in [2.45, 2.75) is 45.6 Å². The minimum atomic E-state index is -3.68. The number of nitrogens with one attached hydrogen (secondary N) is 1. The monoisotopic (exact) mass is 316 g/mol. The van der Waals surface area contributed by atoms with Crippen LogP contribution in [0.4, 0.5) is 0 Å². The van der Waals surface area contributed by atoms with E-state index in [0.29, 0.717) is 19.0 Å². The Labute approximate surface area is 126 Å².